The first-order valence-corrected chi connectivity index (χ1v) is 8.61. The SMILES string of the molecule is CCOC12CCCC1(P(=O)(O)OCC)C(=O)C2(Cl)Cl. The van der Waals surface area contributed by atoms with E-state index in [4.69, 9.17) is 32.5 Å². The van der Waals surface area contributed by atoms with Crippen LogP contribution in [0.2, 0.25) is 0 Å². The van der Waals surface area contributed by atoms with Crippen LogP contribution in [-0.2, 0) is 18.6 Å². The van der Waals surface area contributed by atoms with Gasteiger partial charge in [0.2, 0.25) is 4.33 Å². The normalized spacial score (nSPS) is 39.5. The second-order valence-corrected chi connectivity index (χ2v) is 8.21. The third-order valence-corrected chi connectivity index (χ3v) is 7.40. The first kappa shape index (κ1) is 15.7. The van der Waals surface area contributed by atoms with E-state index in [2.05, 4.69) is 0 Å². The minimum absolute atomic E-state index is 0.0303. The Hall–Kier alpha value is 0.360. The number of hydrogen-bond donors (Lipinski definition) is 1. The van der Waals surface area contributed by atoms with E-state index in [-0.39, 0.29) is 19.6 Å². The van der Waals surface area contributed by atoms with Gasteiger partial charge in [0.25, 0.3) is 0 Å². The molecule has 0 spiro atoms. The summed E-state index contributed by atoms with van der Waals surface area (Å²) in [6.07, 6.45) is 1.13. The molecule has 1 N–H and O–H groups in total. The predicted molar refractivity (Wildman–Crippen MR) is 71.8 cm³/mol. The van der Waals surface area contributed by atoms with Crippen LogP contribution in [0.5, 0.6) is 0 Å². The molecular weight excluding hydrogens is 314 g/mol. The van der Waals surface area contributed by atoms with Gasteiger partial charge in [-0.15, -0.1) is 0 Å². The zero-order valence-electron chi connectivity index (χ0n) is 10.8. The molecule has 0 bridgehead atoms. The first-order chi connectivity index (χ1) is 8.73. The zero-order valence-corrected chi connectivity index (χ0v) is 13.2. The lowest BCUT2D eigenvalue weighted by molar-refractivity contribution is -0.164. The van der Waals surface area contributed by atoms with Crippen molar-refractivity contribution in [2.45, 2.75) is 48.2 Å². The summed E-state index contributed by atoms with van der Waals surface area (Å²) in [5.41, 5.74) is -1.33. The van der Waals surface area contributed by atoms with Gasteiger partial charge in [0.1, 0.15) is 5.60 Å². The number of fused-ring (bicyclic) bond motifs is 1. The molecule has 2 aliphatic rings. The number of ketones is 1. The van der Waals surface area contributed by atoms with E-state index in [1.807, 2.05) is 0 Å². The Kier molecular flexibility index (Phi) is 3.88. The van der Waals surface area contributed by atoms with Crippen molar-refractivity contribution < 1.29 is 23.5 Å². The summed E-state index contributed by atoms with van der Waals surface area (Å²) in [4.78, 5) is 22.5. The van der Waals surface area contributed by atoms with E-state index in [9.17, 15) is 14.3 Å². The van der Waals surface area contributed by atoms with E-state index < -0.39 is 28.5 Å². The molecule has 0 aromatic carbocycles. The predicted octanol–water partition coefficient (Wildman–Crippen LogP) is 2.66. The van der Waals surface area contributed by atoms with Gasteiger partial charge in [-0.05, 0) is 33.1 Å². The van der Waals surface area contributed by atoms with Crippen LogP contribution >= 0.6 is 30.8 Å². The summed E-state index contributed by atoms with van der Waals surface area (Å²) in [5, 5.41) is -1.62. The van der Waals surface area contributed by atoms with Gasteiger partial charge in [-0.25, -0.2) is 0 Å². The van der Waals surface area contributed by atoms with Crippen molar-refractivity contribution in [2.75, 3.05) is 13.2 Å². The maximum absolute atomic E-state index is 12.5. The molecule has 110 valence electrons. The molecule has 2 rings (SSSR count). The van der Waals surface area contributed by atoms with Crippen LogP contribution in [0.15, 0.2) is 0 Å². The van der Waals surface area contributed by atoms with Crippen LogP contribution in [0.1, 0.15) is 33.1 Å². The number of carbonyl (C=O) groups is 1. The Morgan fingerprint density at radius 1 is 1.32 bits per heavy atom. The van der Waals surface area contributed by atoms with Gasteiger partial charge in [0, 0.05) is 6.61 Å². The molecule has 8 heteroatoms. The lowest BCUT2D eigenvalue weighted by atomic mass is 9.68. The highest BCUT2D eigenvalue weighted by Gasteiger charge is 2.89. The van der Waals surface area contributed by atoms with Crippen molar-refractivity contribution in [1.29, 1.82) is 0 Å². The fourth-order valence-corrected chi connectivity index (χ4v) is 6.85. The third kappa shape index (κ3) is 1.60. The smallest absolute Gasteiger partial charge is 0.344 e. The largest absolute Gasteiger partial charge is 0.370 e. The minimum atomic E-state index is -4.20. The van der Waals surface area contributed by atoms with Gasteiger partial charge < -0.3 is 14.2 Å². The van der Waals surface area contributed by atoms with Crippen molar-refractivity contribution >= 4 is 36.6 Å². The van der Waals surface area contributed by atoms with Crippen molar-refractivity contribution in [2.24, 2.45) is 0 Å². The average molecular weight is 331 g/mol. The monoisotopic (exact) mass is 330 g/mol. The zero-order chi connectivity index (χ0) is 14.5. The Morgan fingerprint density at radius 3 is 2.47 bits per heavy atom. The van der Waals surface area contributed by atoms with E-state index in [1.165, 1.54) is 0 Å². The number of hydrogen-bond acceptors (Lipinski definition) is 4. The molecule has 0 aromatic rings. The maximum Gasteiger partial charge on any atom is 0.344 e. The second-order valence-electron chi connectivity index (χ2n) is 4.82. The number of ether oxygens (including phenoxy) is 1. The molecule has 0 heterocycles. The van der Waals surface area contributed by atoms with E-state index >= 15 is 0 Å². The maximum atomic E-state index is 12.5. The molecule has 2 saturated carbocycles. The highest BCUT2D eigenvalue weighted by molar-refractivity contribution is 7.56. The van der Waals surface area contributed by atoms with Crippen molar-refractivity contribution in [3.8, 4) is 0 Å². The number of Topliss-reactive ketones (excluding diaryl/α,β-unsaturated/α-hetero) is 1. The highest BCUT2D eigenvalue weighted by Crippen LogP contribution is 2.78. The minimum Gasteiger partial charge on any atom is -0.370 e. The van der Waals surface area contributed by atoms with Crippen molar-refractivity contribution in [3.63, 3.8) is 0 Å². The quantitative estimate of drug-likeness (QED) is 0.619. The van der Waals surface area contributed by atoms with Crippen molar-refractivity contribution in [3.05, 3.63) is 0 Å². The molecule has 0 radical (unpaired) electrons. The molecule has 0 saturated heterocycles. The van der Waals surface area contributed by atoms with Crippen LogP contribution in [0.25, 0.3) is 0 Å². The van der Waals surface area contributed by atoms with Crippen LogP contribution < -0.4 is 0 Å². The van der Waals surface area contributed by atoms with Gasteiger partial charge >= 0.3 is 7.60 Å². The molecule has 19 heavy (non-hydrogen) atoms. The third-order valence-electron chi connectivity index (χ3n) is 4.08. The first-order valence-electron chi connectivity index (χ1n) is 6.27. The Morgan fingerprint density at radius 2 is 1.95 bits per heavy atom. The number of carbonyl (C=O) groups excluding carboxylic acids is 1. The topological polar surface area (TPSA) is 72.8 Å². The van der Waals surface area contributed by atoms with E-state index in [0.29, 0.717) is 12.8 Å². The highest BCUT2D eigenvalue weighted by atomic mass is 35.5. The van der Waals surface area contributed by atoms with Gasteiger partial charge in [0.05, 0.1) is 6.61 Å². The standard InChI is InChI=1S/C11H17Cl2O5P/c1-3-17-10-7-5-6-9(10,8(14)11(10,12)13)19(15,16)18-4-2/h3-7H2,1-2H3,(H,15,16). The van der Waals surface area contributed by atoms with Gasteiger partial charge in [-0.3, -0.25) is 9.36 Å². The lowest BCUT2D eigenvalue weighted by Gasteiger charge is -2.60. The Bertz CT molecular complexity index is 454. The van der Waals surface area contributed by atoms with Gasteiger partial charge in [-0.1, -0.05) is 23.2 Å². The molecule has 0 amide bonds. The van der Waals surface area contributed by atoms with E-state index in [1.54, 1.807) is 13.8 Å². The lowest BCUT2D eigenvalue weighted by Crippen LogP contribution is -2.80. The van der Waals surface area contributed by atoms with Crippen LogP contribution in [0.3, 0.4) is 0 Å². The summed E-state index contributed by atoms with van der Waals surface area (Å²) in [7, 11) is -4.20. The fourth-order valence-electron chi connectivity index (χ4n) is 3.41. The van der Waals surface area contributed by atoms with Crippen LogP contribution in [-0.4, -0.2) is 39.0 Å². The molecule has 0 aromatic heterocycles. The second kappa shape index (κ2) is 4.69. The molecule has 3 unspecified atom stereocenters. The number of alkyl halides is 2. The van der Waals surface area contributed by atoms with Crippen LogP contribution in [0.4, 0.5) is 0 Å². The Balaban J connectivity index is 2.54. The summed E-state index contributed by atoms with van der Waals surface area (Å²) < 4.78 is 21.3. The fraction of sp³-hybridized carbons (Fsp3) is 0.909. The van der Waals surface area contributed by atoms with Gasteiger partial charge in [-0.2, -0.15) is 0 Å². The summed E-state index contributed by atoms with van der Waals surface area (Å²) >= 11 is 12.2. The molecule has 0 aliphatic heterocycles. The summed E-state index contributed by atoms with van der Waals surface area (Å²) in [6.45, 7) is 3.60. The molecular formula is C11H17Cl2O5P. The molecule has 5 nitrogen and oxygen atoms in total. The van der Waals surface area contributed by atoms with Gasteiger partial charge in [0.15, 0.2) is 10.9 Å². The average Bonchev–Trinajstić information content (AvgIpc) is 2.68. The summed E-state index contributed by atoms with van der Waals surface area (Å²) in [5.74, 6) is -0.659. The molecule has 2 fully saturated rings. The Labute approximate surface area is 122 Å². The van der Waals surface area contributed by atoms with Crippen molar-refractivity contribution in [1.82, 2.24) is 0 Å². The number of halogens is 2. The summed E-state index contributed by atoms with van der Waals surface area (Å²) in [6, 6.07) is 0. The van der Waals surface area contributed by atoms with Crippen LogP contribution in [0, 0.1) is 0 Å². The van der Waals surface area contributed by atoms with E-state index in [0.717, 1.165) is 0 Å². The number of rotatable bonds is 5. The molecule has 3 atom stereocenters. The molecule has 2 aliphatic carbocycles.